The Balaban J connectivity index is 2.68. The number of rotatable bonds is 4. The van der Waals surface area contributed by atoms with Crippen LogP contribution < -0.4 is 5.73 Å². The standard InChI is InChI=1S/C12H14N2O/c1-2-12(15)14(9-8-13)10-11-6-4-3-5-7-11/h1,3-7H,8-10,13H2. The number of amides is 1. The van der Waals surface area contributed by atoms with Crippen molar-refractivity contribution in [3.8, 4) is 12.3 Å². The first-order valence-corrected chi connectivity index (χ1v) is 4.77. The minimum atomic E-state index is -0.315. The zero-order chi connectivity index (χ0) is 11.1. The average Bonchev–Trinajstić information content (AvgIpc) is 2.29. The quantitative estimate of drug-likeness (QED) is 0.727. The van der Waals surface area contributed by atoms with Gasteiger partial charge in [-0.2, -0.15) is 0 Å². The van der Waals surface area contributed by atoms with Crippen LogP contribution in [0.4, 0.5) is 0 Å². The summed E-state index contributed by atoms with van der Waals surface area (Å²) < 4.78 is 0. The maximum atomic E-state index is 11.3. The van der Waals surface area contributed by atoms with Crippen molar-refractivity contribution in [2.45, 2.75) is 6.54 Å². The number of carbonyl (C=O) groups excluding carboxylic acids is 1. The highest BCUT2D eigenvalue weighted by atomic mass is 16.2. The Labute approximate surface area is 89.9 Å². The van der Waals surface area contributed by atoms with Crippen LogP contribution in [0.1, 0.15) is 5.56 Å². The molecule has 0 saturated carbocycles. The summed E-state index contributed by atoms with van der Waals surface area (Å²) in [5, 5.41) is 0. The number of terminal acetylenes is 1. The zero-order valence-corrected chi connectivity index (χ0v) is 8.52. The lowest BCUT2D eigenvalue weighted by Crippen LogP contribution is -2.33. The molecule has 0 atom stereocenters. The van der Waals surface area contributed by atoms with Crippen molar-refractivity contribution in [1.29, 1.82) is 0 Å². The van der Waals surface area contributed by atoms with Gasteiger partial charge in [0.25, 0.3) is 5.91 Å². The van der Waals surface area contributed by atoms with Gasteiger partial charge in [-0.15, -0.1) is 6.42 Å². The molecule has 0 fully saturated rings. The van der Waals surface area contributed by atoms with E-state index in [0.717, 1.165) is 5.56 Å². The lowest BCUT2D eigenvalue weighted by Gasteiger charge is -2.19. The normalized spacial score (nSPS) is 9.33. The Kier molecular flexibility index (Phi) is 4.39. The molecule has 0 heterocycles. The topological polar surface area (TPSA) is 46.3 Å². The smallest absolute Gasteiger partial charge is 0.298 e. The highest BCUT2D eigenvalue weighted by Gasteiger charge is 2.09. The Morgan fingerprint density at radius 1 is 1.40 bits per heavy atom. The molecule has 0 aromatic heterocycles. The second-order valence-electron chi connectivity index (χ2n) is 3.15. The largest absolute Gasteiger partial charge is 0.329 e. The molecule has 0 aliphatic carbocycles. The monoisotopic (exact) mass is 202 g/mol. The minimum Gasteiger partial charge on any atom is -0.329 e. The average molecular weight is 202 g/mol. The van der Waals surface area contributed by atoms with E-state index in [1.54, 1.807) is 4.90 Å². The van der Waals surface area contributed by atoms with Crippen molar-refractivity contribution in [3.63, 3.8) is 0 Å². The van der Waals surface area contributed by atoms with Crippen LogP contribution in [-0.2, 0) is 11.3 Å². The molecule has 0 spiro atoms. The van der Waals surface area contributed by atoms with Crippen LogP contribution in [0.15, 0.2) is 30.3 Å². The first-order valence-electron chi connectivity index (χ1n) is 4.77. The molecular formula is C12H14N2O. The third-order valence-electron chi connectivity index (χ3n) is 2.03. The SMILES string of the molecule is C#CC(=O)N(CCN)Cc1ccccc1. The molecule has 1 aromatic rings. The van der Waals surface area contributed by atoms with Crippen LogP contribution in [-0.4, -0.2) is 23.9 Å². The summed E-state index contributed by atoms with van der Waals surface area (Å²) in [6.07, 6.45) is 5.07. The first-order chi connectivity index (χ1) is 7.27. The molecule has 3 heteroatoms. The van der Waals surface area contributed by atoms with E-state index in [1.165, 1.54) is 0 Å². The van der Waals surface area contributed by atoms with Crippen molar-refractivity contribution < 1.29 is 4.79 Å². The third kappa shape index (κ3) is 3.45. The van der Waals surface area contributed by atoms with Crippen molar-refractivity contribution in [3.05, 3.63) is 35.9 Å². The van der Waals surface area contributed by atoms with Gasteiger partial charge in [0.1, 0.15) is 0 Å². The van der Waals surface area contributed by atoms with Gasteiger partial charge in [0.15, 0.2) is 0 Å². The first kappa shape index (κ1) is 11.3. The fourth-order valence-electron chi connectivity index (χ4n) is 1.30. The molecule has 78 valence electrons. The van der Waals surface area contributed by atoms with Gasteiger partial charge >= 0.3 is 0 Å². The number of hydrogen-bond donors (Lipinski definition) is 1. The van der Waals surface area contributed by atoms with Crippen molar-refractivity contribution >= 4 is 5.91 Å². The summed E-state index contributed by atoms with van der Waals surface area (Å²) in [4.78, 5) is 12.9. The lowest BCUT2D eigenvalue weighted by atomic mass is 10.2. The Morgan fingerprint density at radius 2 is 2.07 bits per heavy atom. The molecule has 3 nitrogen and oxygen atoms in total. The van der Waals surface area contributed by atoms with Crippen LogP contribution in [0.3, 0.4) is 0 Å². The van der Waals surface area contributed by atoms with Crippen molar-refractivity contribution in [1.82, 2.24) is 4.90 Å². The van der Waals surface area contributed by atoms with Crippen LogP contribution >= 0.6 is 0 Å². The maximum absolute atomic E-state index is 11.3. The number of nitrogens with two attached hydrogens (primary N) is 1. The van der Waals surface area contributed by atoms with Gasteiger partial charge in [-0.1, -0.05) is 30.3 Å². The molecule has 1 aromatic carbocycles. The molecule has 0 aliphatic rings. The van der Waals surface area contributed by atoms with Gasteiger partial charge in [0.2, 0.25) is 0 Å². The van der Waals surface area contributed by atoms with Gasteiger partial charge in [-0.05, 0) is 11.5 Å². The minimum absolute atomic E-state index is 0.315. The van der Waals surface area contributed by atoms with E-state index < -0.39 is 0 Å². The van der Waals surface area contributed by atoms with E-state index in [0.29, 0.717) is 19.6 Å². The molecule has 1 rings (SSSR count). The van der Waals surface area contributed by atoms with E-state index in [-0.39, 0.29) is 5.91 Å². The fraction of sp³-hybridized carbons (Fsp3) is 0.250. The van der Waals surface area contributed by atoms with Crippen LogP contribution in [0, 0.1) is 12.3 Å². The van der Waals surface area contributed by atoms with E-state index in [4.69, 9.17) is 12.2 Å². The Bertz CT molecular complexity index is 354. The fourth-order valence-corrected chi connectivity index (χ4v) is 1.30. The van der Waals surface area contributed by atoms with Gasteiger partial charge < -0.3 is 10.6 Å². The van der Waals surface area contributed by atoms with Crippen LogP contribution in [0.25, 0.3) is 0 Å². The highest BCUT2D eigenvalue weighted by molar-refractivity contribution is 5.92. The second kappa shape index (κ2) is 5.84. The summed E-state index contributed by atoms with van der Waals surface area (Å²) in [7, 11) is 0. The van der Waals surface area contributed by atoms with Crippen LogP contribution in [0.2, 0.25) is 0 Å². The Hall–Kier alpha value is -1.79. The number of benzene rings is 1. The molecule has 0 radical (unpaired) electrons. The van der Waals surface area contributed by atoms with Crippen molar-refractivity contribution in [2.24, 2.45) is 5.73 Å². The van der Waals surface area contributed by atoms with E-state index >= 15 is 0 Å². The molecule has 15 heavy (non-hydrogen) atoms. The summed E-state index contributed by atoms with van der Waals surface area (Å²) in [5.41, 5.74) is 6.46. The highest BCUT2D eigenvalue weighted by Crippen LogP contribution is 2.03. The van der Waals surface area contributed by atoms with Crippen molar-refractivity contribution in [2.75, 3.05) is 13.1 Å². The van der Waals surface area contributed by atoms with Gasteiger partial charge in [-0.25, -0.2) is 0 Å². The summed E-state index contributed by atoms with van der Waals surface area (Å²) in [6.45, 7) is 1.42. The van der Waals surface area contributed by atoms with Gasteiger partial charge in [-0.3, -0.25) is 4.79 Å². The lowest BCUT2D eigenvalue weighted by molar-refractivity contribution is -0.125. The number of carbonyl (C=O) groups is 1. The Morgan fingerprint density at radius 3 is 2.60 bits per heavy atom. The number of hydrogen-bond acceptors (Lipinski definition) is 2. The summed E-state index contributed by atoms with van der Waals surface area (Å²) >= 11 is 0. The second-order valence-corrected chi connectivity index (χ2v) is 3.15. The van der Waals surface area contributed by atoms with Crippen LogP contribution in [0.5, 0.6) is 0 Å². The van der Waals surface area contributed by atoms with E-state index in [9.17, 15) is 4.79 Å². The predicted octanol–water partition coefficient (Wildman–Crippen LogP) is 0.607. The van der Waals surface area contributed by atoms with Gasteiger partial charge in [0, 0.05) is 19.6 Å². The molecular weight excluding hydrogens is 188 g/mol. The van der Waals surface area contributed by atoms with E-state index in [1.807, 2.05) is 30.3 Å². The third-order valence-corrected chi connectivity index (χ3v) is 2.03. The predicted molar refractivity (Wildman–Crippen MR) is 59.7 cm³/mol. The molecule has 0 saturated heterocycles. The molecule has 1 amide bonds. The molecule has 0 unspecified atom stereocenters. The zero-order valence-electron chi connectivity index (χ0n) is 8.52. The molecule has 0 aliphatic heterocycles. The molecule has 0 bridgehead atoms. The summed E-state index contributed by atoms with van der Waals surface area (Å²) in [5.74, 6) is 1.79. The van der Waals surface area contributed by atoms with E-state index in [2.05, 4.69) is 5.92 Å². The maximum Gasteiger partial charge on any atom is 0.298 e. The van der Waals surface area contributed by atoms with Gasteiger partial charge in [0.05, 0.1) is 0 Å². The molecule has 2 N–H and O–H groups in total. The summed E-state index contributed by atoms with van der Waals surface area (Å²) in [6, 6.07) is 9.69. The number of nitrogens with zero attached hydrogens (tertiary/aromatic N) is 1.